The highest BCUT2D eigenvalue weighted by molar-refractivity contribution is 6.33. The Labute approximate surface area is 189 Å². The van der Waals surface area contributed by atoms with Crippen LogP contribution in [0.1, 0.15) is 38.3 Å². The van der Waals surface area contributed by atoms with Crippen molar-refractivity contribution in [2.24, 2.45) is 11.8 Å². The molecule has 4 rings (SSSR count). The van der Waals surface area contributed by atoms with Crippen molar-refractivity contribution in [2.75, 3.05) is 31.6 Å². The molecule has 3 heterocycles. The monoisotopic (exact) mass is 441 g/mol. The SMILES string of the molecule is C[C@H]1CC[C@H](C(=O)Cc2cc(-c3cccc(NCC4CCOCC4)c3)c(Cl)cn2)CN1. The molecule has 0 amide bonds. The predicted molar refractivity (Wildman–Crippen MR) is 126 cm³/mol. The van der Waals surface area contributed by atoms with Crippen LogP contribution in [0.25, 0.3) is 11.1 Å². The van der Waals surface area contributed by atoms with Crippen molar-refractivity contribution in [3.63, 3.8) is 0 Å². The van der Waals surface area contributed by atoms with E-state index in [1.54, 1.807) is 6.20 Å². The predicted octanol–water partition coefficient (Wildman–Crippen LogP) is 4.74. The number of carbonyl (C=O) groups excluding carboxylic acids is 1. The van der Waals surface area contributed by atoms with Gasteiger partial charge in [-0.3, -0.25) is 9.78 Å². The molecule has 5 nitrogen and oxygen atoms in total. The molecule has 2 saturated heterocycles. The average Bonchev–Trinajstić information content (AvgIpc) is 2.80. The number of nitrogens with zero attached hydrogens (tertiary/aromatic N) is 1. The summed E-state index contributed by atoms with van der Waals surface area (Å²) in [5.41, 5.74) is 3.82. The van der Waals surface area contributed by atoms with E-state index < -0.39 is 0 Å². The maximum atomic E-state index is 12.8. The van der Waals surface area contributed by atoms with Crippen LogP contribution in [-0.4, -0.2) is 43.1 Å². The third-order valence-corrected chi connectivity index (χ3v) is 6.79. The van der Waals surface area contributed by atoms with Gasteiger partial charge in [0.25, 0.3) is 0 Å². The van der Waals surface area contributed by atoms with Gasteiger partial charge in [0.1, 0.15) is 5.78 Å². The molecule has 1 aromatic carbocycles. The number of anilines is 1. The lowest BCUT2D eigenvalue weighted by molar-refractivity contribution is -0.122. The Bertz CT molecular complexity index is 890. The quantitative estimate of drug-likeness (QED) is 0.649. The van der Waals surface area contributed by atoms with Gasteiger partial charge in [-0.05, 0) is 62.3 Å². The van der Waals surface area contributed by atoms with Gasteiger partial charge in [-0.15, -0.1) is 0 Å². The van der Waals surface area contributed by atoms with Gasteiger partial charge >= 0.3 is 0 Å². The van der Waals surface area contributed by atoms with Gasteiger partial charge in [0.2, 0.25) is 0 Å². The maximum Gasteiger partial charge on any atom is 0.143 e. The standard InChI is InChI=1S/C25H32ClN3O2/c1-17-5-6-20(15-27-17)25(30)13-22-12-23(24(26)16-29-22)19-3-2-4-21(11-19)28-14-18-7-9-31-10-8-18/h2-4,11-12,16-18,20,27-28H,5-10,13-15H2,1H3/t17-,20-/m0/s1. The second-order valence-corrected chi connectivity index (χ2v) is 9.31. The number of pyridine rings is 1. The topological polar surface area (TPSA) is 63.2 Å². The summed E-state index contributed by atoms with van der Waals surface area (Å²) in [6.45, 7) is 5.60. The number of benzene rings is 1. The smallest absolute Gasteiger partial charge is 0.143 e. The molecule has 166 valence electrons. The fourth-order valence-electron chi connectivity index (χ4n) is 4.41. The molecule has 1 aromatic heterocycles. The Morgan fingerprint density at radius 3 is 2.84 bits per heavy atom. The molecule has 0 aliphatic carbocycles. The lowest BCUT2D eigenvalue weighted by Crippen LogP contribution is -2.40. The molecule has 0 radical (unpaired) electrons. The molecule has 2 aliphatic heterocycles. The number of Topliss-reactive ketones (excluding diaryl/α,β-unsaturated/α-hetero) is 1. The van der Waals surface area contributed by atoms with Crippen molar-refractivity contribution in [1.82, 2.24) is 10.3 Å². The highest BCUT2D eigenvalue weighted by Crippen LogP contribution is 2.30. The molecule has 0 saturated carbocycles. The first-order valence-corrected chi connectivity index (χ1v) is 11.8. The Kier molecular flexibility index (Phi) is 7.59. The minimum absolute atomic E-state index is 0.0786. The van der Waals surface area contributed by atoms with Gasteiger partial charge in [-0.25, -0.2) is 0 Å². The molecular formula is C25H32ClN3O2. The molecule has 0 unspecified atom stereocenters. The van der Waals surface area contributed by atoms with E-state index in [1.807, 2.05) is 12.1 Å². The highest BCUT2D eigenvalue weighted by Gasteiger charge is 2.24. The lowest BCUT2D eigenvalue weighted by atomic mass is 9.89. The third kappa shape index (κ3) is 6.06. The molecular weight excluding hydrogens is 410 g/mol. The first-order valence-electron chi connectivity index (χ1n) is 11.4. The minimum Gasteiger partial charge on any atom is -0.385 e. The maximum absolute atomic E-state index is 12.8. The number of carbonyl (C=O) groups is 1. The number of piperidine rings is 1. The first-order chi connectivity index (χ1) is 15.1. The van der Waals surface area contributed by atoms with Gasteiger partial charge < -0.3 is 15.4 Å². The Morgan fingerprint density at radius 1 is 1.23 bits per heavy atom. The fourth-order valence-corrected chi connectivity index (χ4v) is 4.62. The van der Waals surface area contributed by atoms with Gasteiger partial charge in [0.05, 0.1) is 5.02 Å². The van der Waals surface area contributed by atoms with E-state index in [1.165, 1.54) is 0 Å². The number of halogens is 1. The van der Waals surface area contributed by atoms with E-state index in [0.717, 1.165) is 74.5 Å². The van der Waals surface area contributed by atoms with Crippen molar-refractivity contribution in [3.8, 4) is 11.1 Å². The van der Waals surface area contributed by atoms with Gasteiger partial charge in [0, 0.05) is 67.8 Å². The van der Waals surface area contributed by atoms with E-state index in [2.05, 4.69) is 40.7 Å². The van der Waals surface area contributed by atoms with Crippen LogP contribution in [0, 0.1) is 11.8 Å². The second kappa shape index (κ2) is 10.6. The number of ether oxygens (including phenoxy) is 1. The van der Waals surface area contributed by atoms with Gasteiger partial charge in [-0.2, -0.15) is 0 Å². The fraction of sp³-hybridized carbons (Fsp3) is 0.520. The van der Waals surface area contributed by atoms with Crippen LogP contribution in [-0.2, 0) is 16.0 Å². The van der Waals surface area contributed by atoms with Crippen LogP contribution in [0.15, 0.2) is 36.5 Å². The molecule has 0 bridgehead atoms. The molecule has 2 aromatic rings. The van der Waals surface area contributed by atoms with Crippen LogP contribution >= 0.6 is 11.6 Å². The number of hydrogen-bond donors (Lipinski definition) is 2. The highest BCUT2D eigenvalue weighted by atomic mass is 35.5. The number of aromatic nitrogens is 1. The number of nitrogens with one attached hydrogen (secondary N) is 2. The van der Waals surface area contributed by atoms with Crippen molar-refractivity contribution in [3.05, 3.63) is 47.2 Å². The molecule has 0 spiro atoms. The summed E-state index contributed by atoms with van der Waals surface area (Å²) in [6.07, 6.45) is 6.23. The Hall–Kier alpha value is -1.95. The largest absolute Gasteiger partial charge is 0.385 e. The van der Waals surface area contributed by atoms with Crippen LogP contribution in [0.4, 0.5) is 5.69 Å². The Balaban J connectivity index is 1.43. The van der Waals surface area contributed by atoms with Crippen LogP contribution in [0.2, 0.25) is 5.02 Å². The third-order valence-electron chi connectivity index (χ3n) is 6.49. The van der Waals surface area contributed by atoms with Crippen LogP contribution in [0.3, 0.4) is 0 Å². The molecule has 31 heavy (non-hydrogen) atoms. The van der Waals surface area contributed by atoms with Gasteiger partial charge in [-0.1, -0.05) is 23.7 Å². The van der Waals surface area contributed by atoms with Crippen molar-refractivity contribution >= 4 is 23.1 Å². The summed E-state index contributed by atoms with van der Waals surface area (Å²) < 4.78 is 5.45. The van der Waals surface area contributed by atoms with Crippen molar-refractivity contribution in [1.29, 1.82) is 0 Å². The van der Waals surface area contributed by atoms with E-state index >= 15 is 0 Å². The number of hydrogen-bond acceptors (Lipinski definition) is 5. The number of ketones is 1. The summed E-state index contributed by atoms with van der Waals surface area (Å²) in [4.78, 5) is 17.2. The van der Waals surface area contributed by atoms with Crippen LogP contribution in [0.5, 0.6) is 0 Å². The zero-order chi connectivity index (χ0) is 21.6. The summed E-state index contributed by atoms with van der Waals surface area (Å²) >= 11 is 6.49. The van der Waals surface area contributed by atoms with Gasteiger partial charge in [0.15, 0.2) is 0 Å². The van der Waals surface area contributed by atoms with E-state index in [9.17, 15) is 4.79 Å². The van der Waals surface area contributed by atoms with E-state index in [4.69, 9.17) is 16.3 Å². The minimum atomic E-state index is 0.0786. The lowest BCUT2D eigenvalue weighted by Gasteiger charge is -2.26. The average molecular weight is 442 g/mol. The molecule has 2 fully saturated rings. The summed E-state index contributed by atoms with van der Waals surface area (Å²) in [7, 11) is 0. The molecule has 2 atom stereocenters. The summed E-state index contributed by atoms with van der Waals surface area (Å²) in [6, 6.07) is 10.8. The van der Waals surface area contributed by atoms with E-state index in [0.29, 0.717) is 23.4 Å². The molecule has 6 heteroatoms. The summed E-state index contributed by atoms with van der Waals surface area (Å²) in [5.74, 6) is 0.985. The first kappa shape index (κ1) is 22.3. The number of rotatable bonds is 7. The Morgan fingerprint density at radius 2 is 2.06 bits per heavy atom. The van der Waals surface area contributed by atoms with Crippen LogP contribution < -0.4 is 10.6 Å². The summed E-state index contributed by atoms with van der Waals surface area (Å²) in [5, 5.41) is 7.58. The van der Waals surface area contributed by atoms with Crippen molar-refractivity contribution in [2.45, 2.75) is 45.1 Å². The normalized spacial score (nSPS) is 22.3. The zero-order valence-corrected chi connectivity index (χ0v) is 19.0. The van der Waals surface area contributed by atoms with Crippen molar-refractivity contribution < 1.29 is 9.53 Å². The van der Waals surface area contributed by atoms with E-state index in [-0.39, 0.29) is 11.7 Å². The molecule has 2 aliphatic rings. The second-order valence-electron chi connectivity index (χ2n) is 8.90. The molecule has 2 N–H and O–H groups in total. The zero-order valence-electron chi connectivity index (χ0n) is 18.2.